The maximum absolute atomic E-state index is 14.8. The van der Waals surface area contributed by atoms with Gasteiger partial charge >= 0.3 is 6.09 Å². The highest BCUT2D eigenvalue weighted by atomic mass is 19.1. The van der Waals surface area contributed by atoms with Crippen molar-refractivity contribution in [2.75, 3.05) is 25.2 Å². The summed E-state index contributed by atoms with van der Waals surface area (Å²) in [7, 11) is 1.32. The number of ether oxygens (including phenoxy) is 2. The minimum absolute atomic E-state index is 0.0231. The molecule has 7 nitrogen and oxygen atoms in total. The van der Waals surface area contributed by atoms with Gasteiger partial charge < -0.3 is 14.8 Å². The first kappa shape index (κ1) is 20.2. The van der Waals surface area contributed by atoms with Crippen LogP contribution >= 0.6 is 0 Å². The number of rotatable bonds is 5. The lowest BCUT2D eigenvalue weighted by Crippen LogP contribution is -2.42. The monoisotopic (exact) mass is 404 g/mol. The van der Waals surface area contributed by atoms with Gasteiger partial charge in [0, 0.05) is 13.5 Å². The Labute approximate surface area is 164 Å². The van der Waals surface area contributed by atoms with Crippen molar-refractivity contribution < 1.29 is 27.8 Å². The average Bonchev–Trinajstić information content (AvgIpc) is 2.93. The summed E-state index contributed by atoms with van der Waals surface area (Å²) in [5, 5.41) is 2.55. The molecule has 9 heteroatoms. The summed E-state index contributed by atoms with van der Waals surface area (Å²) in [5.74, 6) is -2.11. The second kappa shape index (κ2) is 8.26. The van der Waals surface area contributed by atoms with E-state index in [4.69, 9.17) is 9.47 Å². The Morgan fingerprint density at radius 1 is 1.21 bits per heavy atom. The Kier molecular flexibility index (Phi) is 5.76. The maximum atomic E-state index is 14.8. The Morgan fingerprint density at radius 3 is 2.48 bits per heavy atom. The van der Waals surface area contributed by atoms with E-state index in [1.54, 1.807) is 0 Å². The number of cyclic esters (lactones) is 1. The fraction of sp³-hybridized carbons (Fsp3) is 0.250. The molecule has 0 aliphatic carbocycles. The van der Waals surface area contributed by atoms with E-state index in [1.165, 1.54) is 32.2 Å². The van der Waals surface area contributed by atoms with E-state index in [0.717, 1.165) is 23.1 Å². The van der Waals surface area contributed by atoms with Gasteiger partial charge in [-0.25, -0.2) is 13.6 Å². The third-order valence-corrected chi connectivity index (χ3v) is 4.43. The highest BCUT2D eigenvalue weighted by Crippen LogP contribution is 2.32. The van der Waals surface area contributed by atoms with Crippen LogP contribution in [0.15, 0.2) is 41.2 Å². The molecule has 1 saturated heterocycles. The highest BCUT2D eigenvalue weighted by molar-refractivity contribution is 5.91. The zero-order valence-corrected chi connectivity index (χ0v) is 15.7. The van der Waals surface area contributed by atoms with Crippen molar-refractivity contribution in [3.05, 3.63) is 58.3 Å². The SMILES string of the molecule is COc1ccc(-c2c(F)cc(N3C(=O)OC[C@@H]3CNC(C)=O)cc2F)ccc1=O. The van der Waals surface area contributed by atoms with E-state index in [9.17, 15) is 23.2 Å². The lowest BCUT2D eigenvalue weighted by molar-refractivity contribution is -0.119. The largest absolute Gasteiger partial charge is 0.493 e. The molecule has 0 aromatic heterocycles. The topological polar surface area (TPSA) is 84.9 Å². The van der Waals surface area contributed by atoms with Crippen LogP contribution in [0.25, 0.3) is 11.1 Å². The lowest BCUT2D eigenvalue weighted by atomic mass is 10.0. The van der Waals surface area contributed by atoms with Crippen LogP contribution in [0.5, 0.6) is 5.75 Å². The molecule has 152 valence electrons. The number of benzene rings is 1. The quantitative estimate of drug-likeness (QED) is 0.828. The van der Waals surface area contributed by atoms with Crippen molar-refractivity contribution in [1.82, 2.24) is 5.32 Å². The van der Waals surface area contributed by atoms with E-state index in [2.05, 4.69) is 5.32 Å². The van der Waals surface area contributed by atoms with Crippen molar-refractivity contribution in [2.24, 2.45) is 0 Å². The third kappa shape index (κ3) is 4.18. The zero-order valence-electron chi connectivity index (χ0n) is 15.7. The normalized spacial score (nSPS) is 15.8. The van der Waals surface area contributed by atoms with Gasteiger partial charge in [0.15, 0.2) is 5.75 Å². The van der Waals surface area contributed by atoms with Crippen LogP contribution < -0.4 is 20.4 Å². The molecule has 1 fully saturated rings. The molecule has 2 aromatic rings. The van der Waals surface area contributed by atoms with Gasteiger partial charge in [0.05, 0.1) is 24.4 Å². The highest BCUT2D eigenvalue weighted by Gasteiger charge is 2.35. The second-order valence-electron chi connectivity index (χ2n) is 6.38. The smallest absolute Gasteiger partial charge is 0.414 e. The number of hydrogen-bond donors (Lipinski definition) is 1. The molecule has 1 aliphatic heterocycles. The number of methoxy groups -OCH3 is 1. The number of nitrogens with zero attached hydrogens (tertiary/aromatic N) is 1. The minimum atomic E-state index is -0.921. The number of nitrogens with one attached hydrogen (secondary N) is 1. The lowest BCUT2D eigenvalue weighted by Gasteiger charge is -2.22. The van der Waals surface area contributed by atoms with E-state index in [-0.39, 0.29) is 41.6 Å². The standard InChI is InChI=1S/C20H18F2N2O5/c1-11(25)23-9-14-10-29-20(27)24(14)13-7-15(21)19(16(22)8-13)12-3-5-17(26)18(28-2)6-4-12/h3-8,14H,9-10H2,1-2H3,(H,23,25)/t14-/m0/s1. The van der Waals surface area contributed by atoms with Crippen molar-refractivity contribution >= 4 is 17.7 Å². The van der Waals surface area contributed by atoms with Crippen LogP contribution in [-0.4, -0.2) is 38.3 Å². The summed E-state index contributed by atoms with van der Waals surface area (Å²) in [6, 6.07) is 6.55. The molecule has 0 saturated carbocycles. The molecule has 0 unspecified atom stereocenters. The van der Waals surface area contributed by atoms with Crippen molar-refractivity contribution in [3.8, 4) is 16.9 Å². The average molecular weight is 404 g/mol. The second-order valence-corrected chi connectivity index (χ2v) is 6.38. The van der Waals surface area contributed by atoms with Crippen molar-refractivity contribution in [3.63, 3.8) is 0 Å². The van der Waals surface area contributed by atoms with Crippen LogP contribution in [-0.2, 0) is 9.53 Å². The van der Waals surface area contributed by atoms with Gasteiger partial charge in [0.2, 0.25) is 11.3 Å². The van der Waals surface area contributed by atoms with Crippen LogP contribution in [0, 0.1) is 11.6 Å². The fourth-order valence-corrected chi connectivity index (χ4v) is 3.05. The molecule has 2 amide bonds. The zero-order chi connectivity index (χ0) is 21.1. The Balaban J connectivity index is 1.99. The van der Waals surface area contributed by atoms with Gasteiger partial charge in [0.25, 0.3) is 0 Å². The van der Waals surface area contributed by atoms with Gasteiger partial charge in [-0.1, -0.05) is 12.1 Å². The summed E-state index contributed by atoms with van der Waals surface area (Å²) in [6.45, 7) is 1.37. The predicted molar refractivity (Wildman–Crippen MR) is 101 cm³/mol. The molecule has 1 N–H and O–H groups in total. The molecule has 2 aromatic carbocycles. The minimum Gasteiger partial charge on any atom is -0.493 e. The molecule has 3 rings (SSSR count). The summed E-state index contributed by atoms with van der Waals surface area (Å²) >= 11 is 0. The first-order valence-electron chi connectivity index (χ1n) is 8.70. The van der Waals surface area contributed by atoms with Crippen LogP contribution in [0.4, 0.5) is 19.3 Å². The molecule has 1 atom stereocenters. The van der Waals surface area contributed by atoms with E-state index in [1.807, 2.05) is 0 Å². The number of carbonyl (C=O) groups excluding carboxylic acids is 2. The van der Waals surface area contributed by atoms with Gasteiger partial charge in [0.1, 0.15) is 18.2 Å². The van der Waals surface area contributed by atoms with Crippen LogP contribution in [0.3, 0.4) is 0 Å². The number of halogens is 2. The van der Waals surface area contributed by atoms with Crippen molar-refractivity contribution in [2.45, 2.75) is 13.0 Å². The molecule has 0 bridgehead atoms. The number of hydrogen-bond acceptors (Lipinski definition) is 5. The van der Waals surface area contributed by atoms with Gasteiger partial charge in [-0.3, -0.25) is 14.5 Å². The van der Waals surface area contributed by atoms with Crippen LogP contribution in [0.2, 0.25) is 0 Å². The number of anilines is 1. The van der Waals surface area contributed by atoms with Gasteiger partial charge in [-0.15, -0.1) is 0 Å². The number of carbonyl (C=O) groups is 2. The number of amides is 2. The van der Waals surface area contributed by atoms with Gasteiger partial charge in [-0.05, 0) is 29.8 Å². The fourth-order valence-electron chi connectivity index (χ4n) is 3.05. The summed E-state index contributed by atoms with van der Waals surface area (Å²) in [6.07, 6.45) is -0.765. The third-order valence-electron chi connectivity index (χ3n) is 4.43. The first-order chi connectivity index (χ1) is 13.8. The summed E-state index contributed by atoms with van der Waals surface area (Å²) < 4.78 is 39.5. The Bertz CT molecular complexity index is 1000. The van der Waals surface area contributed by atoms with Gasteiger partial charge in [-0.2, -0.15) is 0 Å². The molecule has 0 radical (unpaired) electrons. The maximum Gasteiger partial charge on any atom is 0.414 e. The van der Waals surface area contributed by atoms with E-state index in [0.29, 0.717) is 0 Å². The summed E-state index contributed by atoms with van der Waals surface area (Å²) in [5.41, 5.74) is -0.691. The molecule has 1 heterocycles. The summed E-state index contributed by atoms with van der Waals surface area (Å²) in [4.78, 5) is 36.1. The van der Waals surface area contributed by atoms with Crippen LogP contribution in [0.1, 0.15) is 6.92 Å². The Morgan fingerprint density at radius 2 is 1.86 bits per heavy atom. The van der Waals surface area contributed by atoms with Crippen molar-refractivity contribution in [1.29, 1.82) is 0 Å². The molecule has 29 heavy (non-hydrogen) atoms. The molecular weight excluding hydrogens is 386 g/mol. The Hall–Kier alpha value is -3.49. The van der Waals surface area contributed by atoms with E-state index < -0.39 is 29.2 Å². The molecule has 0 spiro atoms. The first-order valence-corrected chi connectivity index (χ1v) is 8.70. The molecule has 1 aliphatic rings. The van der Waals surface area contributed by atoms with E-state index >= 15 is 0 Å². The predicted octanol–water partition coefficient (Wildman–Crippen LogP) is 2.46. The molecular formula is C20H18F2N2O5.